The van der Waals surface area contributed by atoms with Crippen molar-refractivity contribution in [3.63, 3.8) is 0 Å². The summed E-state index contributed by atoms with van der Waals surface area (Å²) in [6.07, 6.45) is 8.31. The first kappa shape index (κ1) is 12.0. The lowest BCUT2D eigenvalue weighted by Crippen LogP contribution is -2.26. The van der Waals surface area contributed by atoms with E-state index in [2.05, 4.69) is 52.9 Å². The fraction of sp³-hybridized carbons (Fsp3) is 0.600. The molecule has 0 N–H and O–H groups in total. The van der Waals surface area contributed by atoms with Crippen molar-refractivity contribution in [2.45, 2.75) is 54.2 Å². The lowest BCUT2D eigenvalue weighted by atomic mass is 9.85. The van der Waals surface area contributed by atoms with Crippen LogP contribution in [0, 0.1) is 0 Å². The Balaban J connectivity index is 1.49. The van der Waals surface area contributed by atoms with E-state index in [1.54, 1.807) is 0 Å². The highest BCUT2D eigenvalue weighted by Gasteiger charge is 2.59. The Morgan fingerprint density at radius 1 is 1.29 bits per heavy atom. The van der Waals surface area contributed by atoms with Crippen LogP contribution >= 0.6 is 22.6 Å². The fourth-order valence-corrected chi connectivity index (χ4v) is 4.38. The molecule has 1 saturated heterocycles. The van der Waals surface area contributed by atoms with Crippen LogP contribution in [0.4, 0.5) is 0 Å². The van der Waals surface area contributed by atoms with E-state index < -0.39 is 0 Å². The van der Waals surface area contributed by atoms with Crippen molar-refractivity contribution in [2.24, 2.45) is 0 Å². The van der Waals surface area contributed by atoms with Crippen molar-refractivity contribution in [2.75, 3.05) is 0 Å². The summed E-state index contributed by atoms with van der Waals surface area (Å²) in [7, 11) is 0. The summed E-state index contributed by atoms with van der Waals surface area (Å²) in [5.74, 6) is 0. The summed E-state index contributed by atoms with van der Waals surface area (Å²) in [6, 6.07) is 10.8. The third-order valence-electron chi connectivity index (χ3n) is 4.14. The van der Waals surface area contributed by atoms with E-state index in [9.17, 15) is 0 Å². The monoisotopic (exact) mass is 342 g/mol. The molecule has 1 aromatic rings. The van der Waals surface area contributed by atoms with E-state index in [-0.39, 0.29) is 0 Å². The Hall–Kier alpha value is -0.0900. The van der Waals surface area contributed by atoms with Gasteiger partial charge in [0.25, 0.3) is 0 Å². The third kappa shape index (κ3) is 2.53. The summed E-state index contributed by atoms with van der Waals surface area (Å²) >= 11 is 2.57. The highest BCUT2D eigenvalue weighted by atomic mass is 127. The van der Waals surface area contributed by atoms with Crippen molar-refractivity contribution >= 4 is 22.6 Å². The minimum absolute atomic E-state index is 0.291. The number of epoxide rings is 1. The van der Waals surface area contributed by atoms with Crippen molar-refractivity contribution in [1.29, 1.82) is 0 Å². The zero-order chi connectivity index (χ0) is 11.7. The van der Waals surface area contributed by atoms with Gasteiger partial charge in [0.2, 0.25) is 0 Å². The van der Waals surface area contributed by atoms with Crippen molar-refractivity contribution in [3.8, 4) is 0 Å². The van der Waals surface area contributed by atoms with E-state index in [0.29, 0.717) is 11.7 Å². The second-order valence-electron chi connectivity index (χ2n) is 5.35. The van der Waals surface area contributed by atoms with Gasteiger partial charge in [0.1, 0.15) is 0 Å². The molecule has 3 atom stereocenters. The molecule has 1 nitrogen and oxygen atoms in total. The summed E-state index contributed by atoms with van der Waals surface area (Å²) in [5, 5.41) is 0. The number of hydrogen-bond acceptors (Lipinski definition) is 1. The number of alkyl halides is 1. The maximum absolute atomic E-state index is 6.01. The van der Waals surface area contributed by atoms with Crippen LogP contribution in [0.25, 0.3) is 0 Å². The maximum Gasteiger partial charge on any atom is 0.0990 e. The largest absolute Gasteiger partial charge is 0.365 e. The van der Waals surface area contributed by atoms with Crippen molar-refractivity contribution in [3.05, 3.63) is 35.9 Å². The molecule has 92 valence electrons. The molecule has 2 fully saturated rings. The zero-order valence-corrected chi connectivity index (χ0v) is 12.2. The smallest absolute Gasteiger partial charge is 0.0990 e. The average molecular weight is 342 g/mol. The van der Waals surface area contributed by atoms with E-state index in [1.165, 1.54) is 44.1 Å². The summed E-state index contributed by atoms with van der Waals surface area (Å²) in [5.41, 5.74) is 1.75. The Kier molecular flexibility index (Phi) is 3.44. The highest BCUT2D eigenvalue weighted by molar-refractivity contribution is 14.1. The minimum atomic E-state index is 0.291. The molecule has 0 aromatic heterocycles. The molecule has 1 unspecified atom stereocenters. The highest BCUT2D eigenvalue weighted by Crippen LogP contribution is 2.53. The van der Waals surface area contributed by atoms with Crippen LogP contribution in [0.1, 0.15) is 37.7 Å². The Morgan fingerprint density at radius 2 is 2.12 bits per heavy atom. The Morgan fingerprint density at radius 3 is 2.94 bits per heavy atom. The lowest BCUT2D eigenvalue weighted by molar-refractivity contribution is 0.267. The summed E-state index contributed by atoms with van der Waals surface area (Å²) in [4.78, 5) is 0. The normalized spacial score (nSPS) is 35.4. The third-order valence-corrected chi connectivity index (χ3v) is 5.42. The standard InChI is InChI=1S/C15H19IO/c16-13-9-5-11-15(14(13)17-15)10-4-8-12-6-2-1-3-7-12/h1-3,6-7,13-14H,4-5,8-11H2/t13?,14-,15+/m1/s1. The summed E-state index contributed by atoms with van der Waals surface area (Å²) in [6.45, 7) is 0. The van der Waals surface area contributed by atoms with E-state index in [4.69, 9.17) is 4.74 Å². The zero-order valence-electron chi connectivity index (χ0n) is 10.1. The number of rotatable bonds is 4. The number of halogens is 1. The molecule has 0 bridgehead atoms. The van der Waals surface area contributed by atoms with Gasteiger partial charge in [-0.25, -0.2) is 0 Å². The van der Waals surface area contributed by atoms with Crippen LogP contribution < -0.4 is 0 Å². The number of aryl methyl sites for hydroxylation is 1. The van der Waals surface area contributed by atoms with E-state index in [1.807, 2.05) is 0 Å². The molecule has 17 heavy (non-hydrogen) atoms. The van der Waals surface area contributed by atoms with Crippen LogP contribution in [0.3, 0.4) is 0 Å². The molecule has 0 spiro atoms. The average Bonchev–Trinajstić information content (AvgIpc) is 3.07. The number of hydrogen-bond donors (Lipinski definition) is 0. The van der Waals surface area contributed by atoms with Gasteiger partial charge in [0.15, 0.2) is 0 Å². The first-order valence-electron chi connectivity index (χ1n) is 6.66. The predicted molar refractivity (Wildman–Crippen MR) is 78.6 cm³/mol. The molecular weight excluding hydrogens is 323 g/mol. The maximum atomic E-state index is 6.01. The van der Waals surface area contributed by atoms with Gasteiger partial charge in [-0.05, 0) is 44.1 Å². The lowest BCUT2D eigenvalue weighted by Gasteiger charge is -2.20. The van der Waals surface area contributed by atoms with Crippen LogP contribution in [-0.2, 0) is 11.2 Å². The molecular formula is C15H19IO. The van der Waals surface area contributed by atoms with Gasteiger partial charge >= 0.3 is 0 Å². The fourth-order valence-electron chi connectivity index (χ4n) is 3.13. The molecule has 1 aliphatic heterocycles. The molecule has 1 saturated carbocycles. The minimum Gasteiger partial charge on any atom is -0.365 e. The molecule has 0 amide bonds. The molecule has 1 aliphatic carbocycles. The van der Waals surface area contributed by atoms with Gasteiger partial charge < -0.3 is 4.74 Å². The molecule has 2 aliphatic rings. The topological polar surface area (TPSA) is 12.5 Å². The quantitative estimate of drug-likeness (QED) is 0.455. The molecule has 1 aromatic carbocycles. The first-order chi connectivity index (χ1) is 8.30. The second kappa shape index (κ2) is 4.88. The van der Waals surface area contributed by atoms with Crippen LogP contribution in [0.5, 0.6) is 0 Å². The van der Waals surface area contributed by atoms with Gasteiger partial charge in [0, 0.05) is 3.92 Å². The first-order valence-corrected chi connectivity index (χ1v) is 7.91. The van der Waals surface area contributed by atoms with Gasteiger partial charge in [-0.3, -0.25) is 0 Å². The van der Waals surface area contributed by atoms with Gasteiger partial charge in [-0.15, -0.1) is 0 Å². The molecule has 3 rings (SSSR count). The molecule has 2 heteroatoms. The number of ether oxygens (including phenoxy) is 1. The van der Waals surface area contributed by atoms with E-state index in [0.717, 1.165) is 3.92 Å². The van der Waals surface area contributed by atoms with Gasteiger partial charge in [-0.1, -0.05) is 52.9 Å². The molecule has 0 radical (unpaired) electrons. The Labute approximate surface area is 117 Å². The summed E-state index contributed by atoms with van der Waals surface area (Å²) < 4.78 is 6.77. The SMILES string of the molecule is IC1CCC[C@]2(CCCc3ccccc3)O[C@H]12. The number of benzene rings is 1. The Bertz CT molecular complexity index is 378. The molecule has 1 heterocycles. The second-order valence-corrected chi connectivity index (χ2v) is 6.95. The van der Waals surface area contributed by atoms with Crippen LogP contribution in [0.15, 0.2) is 30.3 Å². The van der Waals surface area contributed by atoms with Crippen molar-refractivity contribution in [1.82, 2.24) is 0 Å². The van der Waals surface area contributed by atoms with Crippen molar-refractivity contribution < 1.29 is 4.74 Å². The van der Waals surface area contributed by atoms with Crippen LogP contribution in [-0.4, -0.2) is 15.6 Å². The van der Waals surface area contributed by atoms with Gasteiger partial charge in [0.05, 0.1) is 11.7 Å². The predicted octanol–water partition coefficient (Wildman–Crippen LogP) is 4.13. The van der Waals surface area contributed by atoms with Gasteiger partial charge in [-0.2, -0.15) is 0 Å². The van der Waals surface area contributed by atoms with E-state index >= 15 is 0 Å². The number of fused-ring (bicyclic) bond motifs is 1. The van der Waals surface area contributed by atoms with Crippen LogP contribution in [0.2, 0.25) is 0 Å².